The molecule has 6 nitrogen and oxygen atoms in total. The van der Waals surface area contributed by atoms with Crippen molar-refractivity contribution in [3.05, 3.63) is 0 Å². The topological polar surface area (TPSA) is 78.9 Å². The van der Waals surface area contributed by atoms with E-state index in [9.17, 15) is 9.59 Å². The summed E-state index contributed by atoms with van der Waals surface area (Å²) < 4.78 is 5.23. The molecule has 0 aromatic carbocycles. The van der Waals surface area contributed by atoms with Crippen LogP contribution in [0, 0.1) is 11.8 Å². The fourth-order valence-electron chi connectivity index (χ4n) is 3.21. The highest BCUT2D eigenvalue weighted by Crippen LogP contribution is 2.33. The van der Waals surface area contributed by atoms with Gasteiger partial charge in [0.2, 0.25) is 5.91 Å². The van der Waals surface area contributed by atoms with Gasteiger partial charge in [-0.1, -0.05) is 0 Å². The molecule has 2 saturated carbocycles. The van der Waals surface area contributed by atoms with E-state index in [1.807, 2.05) is 0 Å². The number of amides is 1. The van der Waals surface area contributed by atoms with Gasteiger partial charge in [0.15, 0.2) is 0 Å². The van der Waals surface area contributed by atoms with E-state index in [1.165, 1.54) is 12.8 Å². The molecule has 3 aliphatic rings. The summed E-state index contributed by atoms with van der Waals surface area (Å²) in [6, 6.07) is 0.519. The Balaban J connectivity index is 1.42. The van der Waals surface area contributed by atoms with Gasteiger partial charge in [-0.15, -0.1) is 0 Å². The molecule has 118 valence electrons. The fourth-order valence-corrected chi connectivity index (χ4v) is 3.21. The van der Waals surface area contributed by atoms with Crippen molar-refractivity contribution in [2.45, 2.75) is 44.2 Å². The van der Waals surface area contributed by atoms with Gasteiger partial charge in [0.1, 0.15) is 0 Å². The number of carbonyl (C=O) groups is 2. The van der Waals surface area contributed by atoms with Crippen LogP contribution in [-0.2, 0) is 14.3 Å². The first kappa shape index (κ1) is 14.8. The summed E-state index contributed by atoms with van der Waals surface area (Å²) >= 11 is 0. The van der Waals surface area contributed by atoms with Crippen LogP contribution in [0.1, 0.15) is 32.1 Å². The van der Waals surface area contributed by atoms with Crippen molar-refractivity contribution in [2.75, 3.05) is 26.3 Å². The zero-order chi connectivity index (χ0) is 14.8. The van der Waals surface area contributed by atoms with Crippen LogP contribution in [0.5, 0.6) is 0 Å². The van der Waals surface area contributed by atoms with E-state index in [1.54, 1.807) is 0 Å². The Morgan fingerprint density at radius 2 is 2.00 bits per heavy atom. The molecule has 0 aromatic heterocycles. The molecule has 6 heteroatoms. The third-order valence-corrected chi connectivity index (χ3v) is 4.80. The Labute approximate surface area is 124 Å². The lowest BCUT2D eigenvalue weighted by molar-refractivity contribution is -0.140. The van der Waals surface area contributed by atoms with Gasteiger partial charge >= 0.3 is 5.97 Å². The van der Waals surface area contributed by atoms with E-state index in [2.05, 4.69) is 10.2 Å². The van der Waals surface area contributed by atoms with Crippen molar-refractivity contribution in [1.82, 2.24) is 10.2 Å². The maximum Gasteiger partial charge on any atom is 0.317 e. The maximum atomic E-state index is 12.0. The minimum absolute atomic E-state index is 0.00522. The Kier molecular flexibility index (Phi) is 4.45. The van der Waals surface area contributed by atoms with Crippen LogP contribution in [0.4, 0.5) is 0 Å². The van der Waals surface area contributed by atoms with E-state index < -0.39 is 5.97 Å². The highest BCUT2D eigenvalue weighted by Gasteiger charge is 2.38. The molecule has 0 unspecified atom stereocenters. The molecule has 0 spiro atoms. The normalized spacial score (nSPS) is 32.0. The third-order valence-electron chi connectivity index (χ3n) is 4.80. The first-order valence-corrected chi connectivity index (χ1v) is 7.95. The molecule has 1 heterocycles. The minimum atomic E-state index is -0.758. The lowest BCUT2D eigenvalue weighted by atomic mass is 9.84. The second-order valence-electron chi connectivity index (χ2n) is 6.66. The predicted octanol–water partition coefficient (Wildman–Crippen LogP) is 0.467. The molecule has 2 N–H and O–H groups in total. The van der Waals surface area contributed by atoms with E-state index in [-0.39, 0.29) is 24.4 Å². The van der Waals surface area contributed by atoms with E-state index in [0.717, 1.165) is 25.8 Å². The lowest BCUT2D eigenvalue weighted by Crippen LogP contribution is -2.56. The molecular weight excluding hydrogens is 272 g/mol. The zero-order valence-corrected chi connectivity index (χ0v) is 12.3. The maximum absolute atomic E-state index is 12.0. The number of nitrogens with zero attached hydrogens (tertiary/aromatic N) is 1. The highest BCUT2D eigenvalue weighted by atomic mass is 16.5. The number of ether oxygens (including phenoxy) is 1. The number of rotatable bonds is 7. The van der Waals surface area contributed by atoms with Gasteiger partial charge < -0.3 is 15.2 Å². The van der Waals surface area contributed by atoms with Gasteiger partial charge in [-0.2, -0.15) is 0 Å². The molecule has 1 atom stereocenters. The first-order valence-electron chi connectivity index (χ1n) is 7.95. The summed E-state index contributed by atoms with van der Waals surface area (Å²) in [7, 11) is 0. The molecule has 0 aromatic rings. The van der Waals surface area contributed by atoms with Crippen LogP contribution >= 0.6 is 0 Å². The molecular formula is C15H24N2O4. The van der Waals surface area contributed by atoms with E-state index in [0.29, 0.717) is 25.2 Å². The summed E-state index contributed by atoms with van der Waals surface area (Å²) in [6.07, 6.45) is 5.02. The largest absolute Gasteiger partial charge is 0.480 e. The first-order chi connectivity index (χ1) is 10.1. The molecule has 0 radical (unpaired) electrons. The van der Waals surface area contributed by atoms with Gasteiger partial charge in [0, 0.05) is 25.2 Å². The average molecular weight is 296 g/mol. The highest BCUT2D eigenvalue weighted by molar-refractivity contribution is 5.79. The molecule has 3 rings (SSSR count). The van der Waals surface area contributed by atoms with Crippen molar-refractivity contribution in [3.63, 3.8) is 0 Å². The smallest absolute Gasteiger partial charge is 0.317 e. The Hall–Kier alpha value is -1.14. The second kappa shape index (κ2) is 6.32. The van der Waals surface area contributed by atoms with Crippen LogP contribution in [0.3, 0.4) is 0 Å². The van der Waals surface area contributed by atoms with Crippen LogP contribution in [0.2, 0.25) is 0 Å². The van der Waals surface area contributed by atoms with Crippen molar-refractivity contribution in [3.8, 4) is 0 Å². The molecule has 2 aliphatic carbocycles. The van der Waals surface area contributed by atoms with Gasteiger partial charge in [-0.3, -0.25) is 14.5 Å². The van der Waals surface area contributed by atoms with Crippen molar-refractivity contribution >= 4 is 11.9 Å². The molecule has 1 amide bonds. The molecule has 21 heavy (non-hydrogen) atoms. The molecule has 0 bridgehead atoms. The third kappa shape index (κ3) is 3.95. The van der Waals surface area contributed by atoms with Gasteiger partial charge in [-0.05, 0) is 38.0 Å². The molecule has 1 saturated heterocycles. The van der Waals surface area contributed by atoms with Crippen LogP contribution in [0.25, 0.3) is 0 Å². The quantitative estimate of drug-likeness (QED) is 0.714. The van der Waals surface area contributed by atoms with Gasteiger partial charge in [-0.25, -0.2) is 0 Å². The number of carbonyl (C=O) groups excluding carboxylic acids is 1. The number of carboxylic acid groups (broad SMARTS) is 1. The summed E-state index contributed by atoms with van der Waals surface area (Å²) in [5.41, 5.74) is 0. The van der Waals surface area contributed by atoms with E-state index in [4.69, 9.17) is 9.84 Å². The fraction of sp³-hybridized carbons (Fsp3) is 0.867. The van der Waals surface area contributed by atoms with E-state index >= 15 is 0 Å². The Morgan fingerprint density at radius 1 is 1.24 bits per heavy atom. The Morgan fingerprint density at radius 3 is 2.57 bits per heavy atom. The monoisotopic (exact) mass is 296 g/mol. The number of hydrogen-bond acceptors (Lipinski definition) is 4. The standard InChI is InChI=1S/C15H24N2O4/c18-14(19)8-17(7-10-1-2-10)13-5-12(6-13)16-15(20)11-3-4-21-9-11/h10-13H,1-9H2,(H,16,20)(H,18,19)/t11-,12?,13?/m1/s1. The summed E-state index contributed by atoms with van der Waals surface area (Å²) in [6.45, 7) is 2.24. The van der Waals surface area contributed by atoms with Gasteiger partial charge in [0.05, 0.1) is 19.1 Å². The predicted molar refractivity (Wildman–Crippen MR) is 75.8 cm³/mol. The molecule has 1 aliphatic heterocycles. The summed E-state index contributed by atoms with van der Waals surface area (Å²) in [5, 5.41) is 12.1. The SMILES string of the molecule is O=C(O)CN(CC1CC1)C1CC(NC(=O)[C@@H]2CCOC2)C1. The second-order valence-corrected chi connectivity index (χ2v) is 6.66. The van der Waals surface area contributed by atoms with Crippen LogP contribution in [-0.4, -0.2) is 60.3 Å². The number of hydrogen-bond donors (Lipinski definition) is 2. The zero-order valence-electron chi connectivity index (χ0n) is 12.3. The summed E-state index contributed by atoms with van der Waals surface area (Å²) in [5.74, 6) is 0.0356. The number of carboxylic acids is 1. The average Bonchev–Trinajstić information content (AvgIpc) is 3.03. The van der Waals surface area contributed by atoms with Crippen molar-refractivity contribution in [2.24, 2.45) is 11.8 Å². The van der Waals surface area contributed by atoms with Gasteiger partial charge in [0.25, 0.3) is 0 Å². The van der Waals surface area contributed by atoms with Crippen molar-refractivity contribution < 1.29 is 19.4 Å². The molecule has 3 fully saturated rings. The lowest BCUT2D eigenvalue weighted by Gasteiger charge is -2.43. The van der Waals surface area contributed by atoms with Crippen LogP contribution < -0.4 is 5.32 Å². The number of nitrogens with one attached hydrogen (secondary N) is 1. The minimum Gasteiger partial charge on any atom is -0.480 e. The number of aliphatic carboxylic acids is 1. The Bertz CT molecular complexity index is 398. The van der Waals surface area contributed by atoms with Crippen LogP contribution in [0.15, 0.2) is 0 Å². The van der Waals surface area contributed by atoms with Crippen molar-refractivity contribution in [1.29, 1.82) is 0 Å². The summed E-state index contributed by atoms with van der Waals surface area (Å²) in [4.78, 5) is 25.0.